The zero-order chi connectivity index (χ0) is 5.28. The third-order valence-corrected chi connectivity index (χ3v) is 0.735. The van der Waals surface area contributed by atoms with Crippen LogP contribution in [0.4, 0.5) is 4.79 Å². The molecule has 0 radical (unpaired) electrons. The van der Waals surface area contributed by atoms with Gasteiger partial charge in [0.15, 0.2) is 6.54 Å². The summed E-state index contributed by atoms with van der Waals surface area (Å²) in [6.45, 7) is 0.249. The van der Waals surface area contributed by atoms with Gasteiger partial charge in [-0.2, -0.15) is 0 Å². The number of carbonyl (C=O) groups is 2. The van der Waals surface area contributed by atoms with Crippen molar-refractivity contribution in [3.63, 3.8) is 0 Å². The van der Waals surface area contributed by atoms with Crippen LogP contribution < -0.4 is 44.6 Å². The molecule has 9 heavy (non-hydrogen) atoms. The molecule has 54 valence electrons. The second-order valence-electron chi connectivity index (χ2n) is 1.32. The summed E-state index contributed by atoms with van der Waals surface area (Å²) in [5, 5.41) is 3.41. The molecule has 0 aromatic rings. The maximum Gasteiger partial charge on any atom is 0.420 e. The van der Waals surface area contributed by atoms with Gasteiger partial charge in [-0.1, -0.05) is 0 Å². The molecule has 0 saturated carbocycles. The molecule has 0 atom stereocenters. The molecule has 0 unspecified atom stereocenters. The maximum atomic E-state index is 10.1. The fraction of sp³-hybridized carbons (Fsp3) is 0.333. The van der Waals surface area contributed by atoms with E-state index in [1.54, 1.807) is 0 Å². The molecule has 1 saturated heterocycles. The molecule has 4 nitrogen and oxygen atoms in total. The van der Waals surface area contributed by atoms with Crippen LogP contribution in [0.3, 0.4) is 0 Å². The van der Waals surface area contributed by atoms with E-state index in [4.69, 9.17) is 0 Å². The van der Waals surface area contributed by atoms with Crippen molar-refractivity contribution in [1.82, 2.24) is 5.32 Å². The highest BCUT2D eigenvalue weighted by atomic mass is 79.9. The zero-order valence-electron chi connectivity index (χ0n) is 4.36. The van der Waals surface area contributed by atoms with Crippen molar-refractivity contribution in [3.05, 3.63) is 0 Å². The SMILES string of the molecule is O=C1C[NH2+]C(=O)N1.[Br-].[Br-]. The minimum absolute atomic E-state index is 0. The van der Waals surface area contributed by atoms with Gasteiger partial charge in [0, 0.05) is 0 Å². The van der Waals surface area contributed by atoms with E-state index < -0.39 is 0 Å². The Kier molecular flexibility index (Phi) is 6.42. The minimum atomic E-state index is -0.273. The summed E-state index contributed by atoms with van der Waals surface area (Å²) in [4.78, 5) is 20.2. The molecule has 6 heteroatoms. The molecule has 1 aliphatic rings. The molecule has 0 aliphatic carbocycles. The fourth-order valence-corrected chi connectivity index (χ4v) is 0.425. The molecular weight excluding hydrogens is 256 g/mol. The smallest absolute Gasteiger partial charge is 0.420 e. The van der Waals surface area contributed by atoms with Gasteiger partial charge in [0.25, 0.3) is 5.91 Å². The van der Waals surface area contributed by atoms with E-state index in [2.05, 4.69) is 5.32 Å². The molecule has 3 amide bonds. The number of nitrogens with one attached hydrogen (secondary N) is 1. The number of primary amides is 1. The average molecular weight is 261 g/mol. The monoisotopic (exact) mass is 259 g/mol. The fourth-order valence-electron chi connectivity index (χ4n) is 0.425. The molecular formula is C3H5Br2N2O2-. The van der Waals surface area contributed by atoms with Crippen LogP contribution >= 0.6 is 0 Å². The van der Waals surface area contributed by atoms with E-state index in [1.807, 2.05) is 0 Å². The lowest BCUT2D eigenvalue weighted by Gasteiger charge is -1.72. The van der Waals surface area contributed by atoms with E-state index in [9.17, 15) is 9.59 Å². The van der Waals surface area contributed by atoms with Crippen molar-refractivity contribution in [1.29, 1.82) is 0 Å². The van der Waals surface area contributed by atoms with Gasteiger partial charge in [-0.25, -0.2) is 10.1 Å². The number of amides is 3. The first-order chi connectivity index (χ1) is 3.29. The molecule has 0 aromatic carbocycles. The van der Waals surface area contributed by atoms with E-state index in [0.29, 0.717) is 0 Å². The van der Waals surface area contributed by atoms with Gasteiger partial charge in [0.05, 0.1) is 0 Å². The number of urea groups is 1. The number of carbonyl (C=O) groups excluding carboxylic acids is 2. The minimum Gasteiger partial charge on any atom is -1.00 e. The van der Waals surface area contributed by atoms with Crippen LogP contribution in [0.25, 0.3) is 0 Å². The maximum absolute atomic E-state index is 10.1. The average Bonchev–Trinajstić information content (AvgIpc) is 1.87. The normalized spacial score (nSPS) is 15.6. The number of rotatable bonds is 0. The van der Waals surface area contributed by atoms with Crippen LogP contribution in [0.1, 0.15) is 0 Å². The number of quaternary nitrogens is 1. The molecule has 0 spiro atoms. The Hall–Kier alpha value is 0.0600. The largest absolute Gasteiger partial charge is 1.00 e. The van der Waals surface area contributed by atoms with Crippen molar-refractivity contribution in [2.45, 2.75) is 0 Å². The lowest BCUT2D eigenvalue weighted by molar-refractivity contribution is -0.533. The summed E-state index contributed by atoms with van der Waals surface area (Å²) in [7, 11) is 0. The summed E-state index contributed by atoms with van der Waals surface area (Å²) >= 11 is 0. The summed E-state index contributed by atoms with van der Waals surface area (Å²) < 4.78 is 0. The van der Waals surface area contributed by atoms with Crippen molar-refractivity contribution >= 4 is 11.9 Å². The number of hydrogen-bond donors (Lipinski definition) is 2. The van der Waals surface area contributed by atoms with Crippen molar-refractivity contribution < 1.29 is 48.9 Å². The topological polar surface area (TPSA) is 62.8 Å². The van der Waals surface area contributed by atoms with Gasteiger partial charge in [-0.15, -0.1) is 0 Å². The third kappa shape index (κ3) is 3.61. The van der Waals surface area contributed by atoms with Crippen LogP contribution in [0.15, 0.2) is 0 Å². The van der Waals surface area contributed by atoms with Gasteiger partial charge < -0.3 is 34.0 Å². The van der Waals surface area contributed by atoms with Crippen LogP contribution in [-0.2, 0) is 4.79 Å². The van der Waals surface area contributed by atoms with Crippen LogP contribution in [0, 0.1) is 0 Å². The number of nitrogens with two attached hydrogens (primary N) is 1. The summed E-state index contributed by atoms with van der Waals surface area (Å²) in [6, 6.07) is -0.273. The van der Waals surface area contributed by atoms with Gasteiger partial charge in [-0.3, -0.25) is 10.1 Å². The zero-order valence-corrected chi connectivity index (χ0v) is 7.53. The summed E-state index contributed by atoms with van der Waals surface area (Å²) in [5.74, 6) is -0.204. The lowest BCUT2D eigenvalue weighted by Crippen LogP contribution is -3.00. The van der Waals surface area contributed by atoms with Gasteiger partial charge in [-0.05, 0) is 0 Å². The third-order valence-electron chi connectivity index (χ3n) is 0.735. The standard InChI is InChI=1S/C3H4N2O2.2BrH/c6-2-1-4-3(7)5-2;;/h1H2,(H2,4,5,6,7);2*1H/p-1. The first kappa shape index (κ1) is 11.8. The number of hydrogen-bond acceptors (Lipinski definition) is 2. The highest BCUT2D eigenvalue weighted by Crippen LogP contribution is 1.62. The molecule has 0 aromatic heterocycles. The van der Waals surface area contributed by atoms with Crippen LogP contribution in [-0.4, -0.2) is 18.5 Å². The Morgan fingerprint density at radius 3 is 2.00 bits per heavy atom. The molecule has 1 rings (SSSR count). The molecule has 1 fully saturated rings. The predicted molar refractivity (Wildman–Crippen MR) is 20.3 cm³/mol. The number of halogens is 2. The second kappa shape index (κ2) is 4.89. The van der Waals surface area contributed by atoms with Gasteiger partial charge in [0.2, 0.25) is 0 Å². The van der Waals surface area contributed by atoms with Gasteiger partial charge in [0.1, 0.15) is 0 Å². The Labute approximate surface area is 72.9 Å². The lowest BCUT2D eigenvalue weighted by atomic mass is 10.7. The van der Waals surface area contributed by atoms with E-state index in [1.165, 1.54) is 5.32 Å². The predicted octanol–water partition coefficient (Wildman–Crippen LogP) is -8.19. The quantitative estimate of drug-likeness (QED) is 0.425. The van der Waals surface area contributed by atoms with E-state index in [0.717, 1.165) is 0 Å². The first-order valence-corrected chi connectivity index (χ1v) is 1.96. The molecule has 1 aliphatic heterocycles. The first-order valence-electron chi connectivity index (χ1n) is 1.96. The highest BCUT2D eigenvalue weighted by Gasteiger charge is 2.20. The second-order valence-corrected chi connectivity index (χ2v) is 1.32. The summed E-state index contributed by atoms with van der Waals surface area (Å²) in [6.07, 6.45) is 0. The van der Waals surface area contributed by atoms with Crippen LogP contribution in [0.2, 0.25) is 0 Å². The Bertz CT molecular complexity index is 113. The van der Waals surface area contributed by atoms with Crippen molar-refractivity contribution in [3.8, 4) is 0 Å². The molecule has 3 N–H and O–H groups in total. The van der Waals surface area contributed by atoms with Crippen molar-refractivity contribution in [2.24, 2.45) is 0 Å². The Morgan fingerprint density at radius 2 is 1.89 bits per heavy atom. The Balaban J connectivity index is 0. The molecule has 1 heterocycles. The molecule has 0 bridgehead atoms. The summed E-state index contributed by atoms with van der Waals surface area (Å²) in [5.41, 5.74) is 0. The van der Waals surface area contributed by atoms with E-state index >= 15 is 0 Å². The highest BCUT2D eigenvalue weighted by molar-refractivity contribution is 5.94. The van der Waals surface area contributed by atoms with Crippen molar-refractivity contribution in [2.75, 3.05) is 6.54 Å². The van der Waals surface area contributed by atoms with E-state index in [-0.39, 0.29) is 52.4 Å². The van der Waals surface area contributed by atoms with Gasteiger partial charge >= 0.3 is 6.03 Å². The Morgan fingerprint density at radius 1 is 1.33 bits per heavy atom. The van der Waals surface area contributed by atoms with Crippen LogP contribution in [0.5, 0.6) is 0 Å². The number of imide groups is 1.